The van der Waals surface area contributed by atoms with E-state index in [-0.39, 0.29) is 31.2 Å². The third-order valence-corrected chi connectivity index (χ3v) is 7.80. The topological polar surface area (TPSA) is 151 Å². The smallest absolute Gasteiger partial charge is 0.330 e. The van der Waals surface area contributed by atoms with Gasteiger partial charge in [-0.3, -0.25) is 14.4 Å². The summed E-state index contributed by atoms with van der Waals surface area (Å²) in [6, 6.07) is 7.38. The molecular weight excluding hydrogens is 648 g/mol. The molecule has 0 aromatic heterocycles. The molecule has 4 N–H and O–H groups in total. The number of esters is 1. The molecule has 0 bridgehead atoms. The van der Waals surface area contributed by atoms with Crippen molar-refractivity contribution in [3.63, 3.8) is 0 Å². The van der Waals surface area contributed by atoms with E-state index in [9.17, 15) is 29.4 Å². The molecule has 2 rings (SSSR count). The van der Waals surface area contributed by atoms with Crippen LogP contribution in [0.5, 0.6) is 0 Å². The van der Waals surface area contributed by atoms with Crippen LogP contribution >= 0.6 is 0 Å². The molecule has 0 saturated carbocycles. The van der Waals surface area contributed by atoms with Crippen LogP contribution in [-0.4, -0.2) is 66.2 Å². The Morgan fingerprint density at radius 2 is 1.35 bits per heavy atom. The zero-order chi connectivity index (χ0) is 37.2. The molecule has 1 heterocycles. The first kappa shape index (κ1) is 42.4. The van der Waals surface area contributed by atoms with Gasteiger partial charge in [-0.25, -0.2) is 4.79 Å². The maximum Gasteiger partial charge on any atom is 0.330 e. The fraction of sp³-hybridized carbons (Fsp3) is 0.415. The van der Waals surface area contributed by atoms with Crippen molar-refractivity contribution in [3.05, 3.63) is 121 Å². The molecule has 0 spiro atoms. The Kier molecular flexibility index (Phi) is 20.9. The monoisotopic (exact) mass is 702 g/mol. The number of allylic oxidation sites excluding steroid dienone is 12. The molecule has 10 nitrogen and oxygen atoms in total. The first-order valence-electron chi connectivity index (χ1n) is 17.6. The van der Waals surface area contributed by atoms with E-state index in [1.165, 1.54) is 0 Å². The van der Waals surface area contributed by atoms with Gasteiger partial charge in [-0.15, -0.1) is 0 Å². The van der Waals surface area contributed by atoms with Gasteiger partial charge < -0.3 is 30.3 Å². The number of carbonyl (C=O) groups excluding carboxylic acids is 4. The Hall–Kier alpha value is -4.80. The van der Waals surface area contributed by atoms with Crippen molar-refractivity contribution in [2.75, 3.05) is 26.4 Å². The number of aliphatic hydroxyl groups excluding tert-OH is 2. The summed E-state index contributed by atoms with van der Waals surface area (Å²) >= 11 is 0. The van der Waals surface area contributed by atoms with Crippen molar-refractivity contribution in [1.82, 2.24) is 10.6 Å². The average Bonchev–Trinajstić information content (AvgIpc) is 3.46. The molecule has 0 aliphatic carbocycles. The van der Waals surface area contributed by atoms with Gasteiger partial charge in [0.15, 0.2) is 11.4 Å². The van der Waals surface area contributed by atoms with E-state index in [1.54, 1.807) is 37.3 Å². The molecule has 2 unspecified atom stereocenters. The van der Waals surface area contributed by atoms with E-state index in [2.05, 4.69) is 78.3 Å². The fourth-order valence-corrected chi connectivity index (χ4v) is 4.67. The zero-order valence-corrected chi connectivity index (χ0v) is 29.9. The standard InChI is InChI=1S/C41H54N2O8/c1-3-4-5-6-7-8-9-10-11-12-13-14-15-16-17-18-19-20-24-27-38(47)42-29-35(40(49)50-32-33(30-44)31-45)43-39(48)36-28-37(46)41(2,51-36)34-25-22-21-23-26-34/h4-5,7-8,10-11,13-14,16-17,19-23,25-26,28,33,35,44-45H,3,6,9,12,15,18,24,27,29-32H2,1-2H3,(H,42,47)(H,43,48)/b5-4-,8-7-,11-10-,14-13-,17-16-,20-19-. The molecule has 0 fully saturated rings. The molecule has 276 valence electrons. The van der Waals surface area contributed by atoms with Crippen LogP contribution in [0.4, 0.5) is 0 Å². The molecule has 0 saturated heterocycles. The highest BCUT2D eigenvalue weighted by Gasteiger charge is 2.44. The summed E-state index contributed by atoms with van der Waals surface area (Å²) in [5.41, 5.74) is -0.849. The highest BCUT2D eigenvalue weighted by atomic mass is 16.5. The van der Waals surface area contributed by atoms with Crippen molar-refractivity contribution in [2.24, 2.45) is 5.92 Å². The number of nitrogens with one attached hydrogen (secondary N) is 2. The highest BCUT2D eigenvalue weighted by molar-refractivity contribution is 6.08. The van der Waals surface area contributed by atoms with Crippen LogP contribution in [0.3, 0.4) is 0 Å². The fourth-order valence-electron chi connectivity index (χ4n) is 4.67. The normalized spacial score (nSPS) is 17.0. The molecule has 1 aromatic carbocycles. The summed E-state index contributed by atoms with van der Waals surface area (Å²) in [7, 11) is 0. The Balaban J connectivity index is 1.77. The van der Waals surface area contributed by atoms with Gasteiger partial charge >= 0.3 is 5.97 Å². The Labute approximate surface area is 302 Å². The number of hydrogen-bond acceptors (Lipinski definition) is 8. The first-order valence-corrected chi connectivity index (χ1v) is 17.6. The molecular formula is C41H54N2O8. The molecule has 2 amide bonds. The van der Waals surface area contributed by atoms with Crippen LogP contribution in [0.1, 0.15) is 70.8 Å². The lowest BCUT2D eigenvalue weighted by Crippen LogP contribution is -2.50. The first-order chi connectivity index (χ1) is 24.7. The lowest BCUT2D eigenvalue weighted by atomic mass is 9.92. The van der Waals surface area contributed by atoms with Gasteiger partial charge in [0.05, 0.1) is 19.8 Å². The SMILES string of the molecule is CC/C=C\C/C=C\C/C=C\C/C=C\C/C=C\C/C=C\CCC(=O)NCC(NC(=O)C1=CC(=O)C(C)(c2ccccc2)O1)C(=O)OCC(CO)CO. The van der Waals surface area contributed by atoms with Crippen LogP contribution in [0.25, 0.3) is 0 Å². The minimum absolute atomic E-state index is 0.160. The summed E-state index contributed by atoms with van der Waals surface area (Å²) in [6.07, 6.45) is 32.5. The maximum atomic E-state index is 13.1. The Bertz CT molecular complexity index is 1440. The van der Waals surface area contributed by atoms with Crippen LogP contribution in [0, 0.1) is 5.92 Å². The molecule has 1 aromatic rings. The summed E-state index contributed by atoms with van der Waals surface area (Å²) in [6.45, 7) is 2.28. The molecule has 1 aliphatic rings. The van der Waals surface area contributed by atoms with E-state index in [1.807, 2.05) is 12.2 Å². The predicted octanol–water partition coefficient (Wildman–Crippen LogP) is 5.61. The van der Waals surface area contributed by atoms with E-state index >= 15 is 0 Å². The lowest BCUT2D eigenvalue weighted by molar-refractivity contribution is -0.150. The highest BCUT2D eigenvalue weighted by Crippen LogP contribution is 2.34. The van der Waals surface area contributed by atoms with Crippen LogP contribution < -0.4 is 10.6 Å². The number of ether oxygens (including phenoxy) is 2. The van der Waals surface area contributed by atoms with E-state index < -0.39 is 48.4 Å². The van der Waals surface area contributed by atoms with Gasteiger partial charge in [-0.1, -0.05) is 110 Å². The zero-order valence-electron chi connectivity index (χ0n) is 29.9. The summed E-state index contributed by atoms with van der Waals surface area (Å²) < 4.78 is 11.0. The van der Waals surface area contributed by atoms with Gasteiger partial charge in [0.1, 0.15) is 6.04 Å². The number of hydrogen-bond donors (Lipinski definition) is 4. The Morgan fingerprint density at radius 3 is 1.88 bits per heavy atom. The molecule has 51 heavy (non-hydrogen) atoms. The Morgan fingerprint density at radius 1 is 0.824 bits per heavy atom. The number of aliphatic hydroxyl groups is 2. The second kappa shape index (κ2) is 25.2. The summed E-state index contributed by atoms with van der Waals surface area (Å²) in [5.74, 6) is -3.48. The van der Waals surface area contributed by atoms with Gasteiger partial charge in [0, 0.05) is 30.5 Å². The quantitative estimate of drug-likeness (QED) is 0.0803. The largest absolute Gasteiger partial charge is 0.469 e. The number of benzene rings is 1. The minimum Gasteiger partial charge on any atom is -0.469 e. The second-order valence-corrected chi connectivity index (χ2v) is 12.0. The number of ketones is 1. The molecule has 0 radical (unpaired) electrons. The third kappa shape index (κ3) is 16.6. The van der Waals surface area contributed by atoms with E-state index in [0.717, 1.165) is 44.6 Å². The van der Waals surface area contributed by atoms with Gasteiger partial charge in [0.2, 0.25) is 11.7 Å². The molecule has 1 aliphatic heterocycles. The average molecular weight is 703 g/mol. The van der Waals surface area contributed by atoms with Gasteiger partial charge in [0.25, 0.3) is 5.91 Å². The third-order valence-electron chi connectivity index (χ3n) is 7.80. The summed E-state index contributed by atoms with van der Waals surface area (Å²) in [5, 5.41) is 23.7. The predicted molar refractivity (Wildman–Crippen MR) is 199 cm³/mol. The minimum atomic E-state index is -1.41. The van der Waals surface area contributed by atoms with Crippen molar-refractivity contribution < 1.29 is 38.9 Å². The van der Waals surface area contributed by atoms with Crippen LogP contribution in [0.15, 0.2) is 115 Å². The van der Waals surface area contributed by atoms with Crippen molar-refractivity contribution in [1.29, 1.82) is 0 Å². The lowest BCUT2D eigenvalue weighted by Gasteiger charge is -2.25. The van der Waals surface area contributed by atoms with Gasteiger partial charge in [-0.2, -0.15) is 0 Å². The van der Waals surface area contributed by atoms with Crippen LogP contribution in [0.2, 0.25) is 0 Å². The number of amides is 2. The van der Waals surface area contributed by atoms with Crippen molar-refractivity contribution >= 4 is 23.6 Å². The van der Waals surface area contributed by atoms with Gasteiger partial charge in [-0.05, 0) is 51.9 Å². The number of rotatable bonds is 24. The number of carbonyl (C=O) groups is 4. The second-order valence-electron chi connectivity index (χ2n) is 12.0. The van der Waals surface area contributed by atoms with Crippen molar-refractivity contribution in [3.8, 4) is 0 Å². The maximum absolute atomic E-state index is 13.1. The van der Waals surface area contributed by atoms with E-state index in [0.29, 0.717) is 12.0 Å². The summed E-state index contributed by atoms with van der Waals surface area (Å²) in [4.78, 5) is 51.3. The van der Waals surface area contributed by atoms with Crippen LogP contribution in [-0.2, 0) is 34.3 Å². The van der Waals surface area contributed by atoms with E-state index in [4.69, 9.17) is 9.47 Å². The van der Waals surface area contributed by atoms with Crippen molar-refractivity contribution in [2.45, 2.75) is 76.9 Å². The molecule has 10 heteroatoms. The molecule has 2 atom stereocenters.